The smallest absolute Gasteiger partial charge is 0.323 e. The number of carbonyl (C=O) groups is 2. The van der Waals surface area contributed by atoms with Crippen LogP contribution in [0.4, 0.5) is 11.4 Å². The molecule has 2 rings (SSSR count). The van der Waals surface area contributed by atoms with Gasteiger partial charge in [0.25, 0.3) is 11.5 Å². The Morgan fingerprint density at radius 2 is 2.05 bits per heavy atom. The molecule has 0 saturated carbocycles. The molecule has 1 aromatic carbocycles. The number of hydrogen-bond donors (Lipinski definition) is 3. The quantitative estimate of drug-likeness (QED) is 0.737. The van der Waals surface area contributed by atoms with Gasteiger partial charge in [0, 0.05) is 11.8 Å². The first kappa shape index (κ1) is 15.6. The number of hydrogen-bond acceptors (Lipinski definition) is 4. The van der Waals surface area contributed by atoms with Crippen LogP contribution >= 0.6 is 11.6 Å². The first-order valence-corrected chi connectivity index (χ1v) is 6.54. The molecule has 0 spiro atoms. The minimum absolute atomic E-state index is 0.0262. The van der Waals surface area contributed by atoms with E-state index in [1.54, 1.807) is 0 Å². The van der Waals surface area contributed by atoms with Gasteiger partial charge in [0.15, 0.2) is 0 Å². The van der Waals surface area contributed by atoms with E-state index in [0.717, 1.165) is 4.57 Å². The molecule has 1 aromatic heterocycles. The summed E-state index contributed by atoms with van der Waals surface area (Å²) in [5.74, 6) is -1.71. The molecule has 0 unspecified atom stereocenters. The highest BCUT2D eigenvalue weighted by molar-refractivity contribution is 6.33. The standard InChI is InChI=1S/C14H12ClN3O4/c15-9-6-8(3-4-10(9)16)13(21)17-11-2-1-5-18(14(11)22)7-12(19)20/h1-6H,7,16H2,(H,17,21)(H,19,20). The normalized spacial score (nSPS) is 10.2. The summed E-state index contributed by atoms with van der Waals surface area (Å²) >= 11 is 5.84. The van der Waals surface area contributed by atoms with Crippen molar-refractivity contribution in [3.63, 3.8) is 0 Å². The van der Waals surface area contributed by atoms with Crippen molar-refractivity contribution in [2.75, 3.05) is 11.1 Å². The number of anilines is 2. The molecule has 0 fully saturated rings. The molecule has 8 heteroatoms. The number of carboxylic acid groups (broad SMARTS) is 1. The number of benzene rings is 1. The average molecular weight is 322 g/mol. The number of amides is 1. The molecule has 2 aromatic rings. The van der Waals surface area contributed by atoms with E-state index in [1.165, 1.54) is 36.5 Å². The van der Waals surface area contributed by atoms with E-state index in [2.05, 4.69) is 5.32 Å². The summed E-state index contributed by atoms with van der Waals surface area (Å²) in [6.45, 7) is -0.490. The first-order chi connectivity index (χ1) is 10.4. The number of carboxylic acids is 1. The fraction of sp³-hybridized carbons (Fsp3) is 0.0714. The Hall–Kier alpha value is -2.80. The lowest BCUT2D eigenvalue weighted by molar-refractivity contribution is -0.137. The van der Waals surface area contributed by atoms with Crippen LogP contribution in [0.2, 0.25) is 5.02 Å². The first-order valence-electron chi connectivity index (χ1n) is 6.16. The molecule has 0 saturated heterocycles. The van der Waals surface area contributed by atoms with Crippen LogP contribution < -0.4 is 16.6 Å². The Morgan fingerprint density at radius 3 is 2.68 bits per heavy atom. The molecule has 1 heterocycles. The fourth-order valence-corrected chi connectivity index (χ4v) is 1.95. The highest BCUT2D eigenvalue weighted by atomic mass is 35.5. The van der Waals surface area contributed by atoms with Crippen molar-refractivity contribution in [1.29, 1.82) is 0 Å². The number of nitrogens with zero attached hydrogens (tertiary/aromatic N) is 1. The van der Waals surface area contributed by atoms with E-state index in [4.69, 9.17) is 22.4 Å². The number of pyridine rings is 1. The van der Waals surface area contributed by atoms with Crippen LogP contribution in [0.15, 0.2) is 41.3 Å². The molecule has 1 amide bonds. The van der Waals surface area contributed by atoms with Crippen molar-refractivity contribution in [2.24, 2.45) is 0 Å². The molecule has 0 aliphatic carbocycles. The lowest BCUT2D eigenvalue weighted by Gasteiger charge is -2.08. The monoisotopic (exact) mass is 321 g/mol. The maximum Gasteiger partial charge on any atom is 0.323 e. The Kier molecular flexibility index (Phi) is 4.47. The van der Waals surface area contributed by atoms with E-state index in [1.807, 2.05) is 0 Å². The Labute approximate surface area is 129 Å². The number of aromatic nitrogens is 1. The lowest BCUT2D eigenvalue weighted by Crippen LogP contribution is -2.27. The molecule has 0 radical (unpaired) electrons. The number of rotatable bonds is 4. The van der Waals surface area contributed by atoms with Crippen LogP contribution in [0.1, 0.15) is 10.4 Å². The second kappa shape index (κ2) is 6.31. The van der Waals surface area contributed by atoms with Gasteiger partial charge >= 0.3 is 5.97 Å². The van der Waals surface area contributed by atoms with E-state index in [9.17, 15) is 14.4 Å². The summed E-state index contributed by atoms with van der Waals surface area (Å²) in [5.41, 5.74) is 5.49. The van der Waals surface area contributed by atoms with Crippen LogP contribution in [-0.2, 0) is 11.3 Å². The van der Waals surface area contributed by atoms with Crippen molar-refractivity contribution in [2.45, 2.75) is 6.54 Å². The third-order valence-corrected chi connectivity index (χ3v) is 3.16. The molecule has 4 N–H and O–H groups in total. The molecular weight excluding hydrogens is 310 g/mol. The fourth-order valence-electron chi connectivity index (χ4n) is 1.77. The maximum atomic E-state index is 12.1. The number of aliphatic carboxylic acids is 1. The molecule has 0 bridgehead atoms. The number of halogens is 1. The summed E-state index contributed by atoms with van der Waals surface area (Å²) in [6.07, 6.45) is 1.33. The second-order valence-electron chi connectivity index (χ2n) is 4.44. The lowest BCUT2D eigenvalue weighted by atomic mass is 10.2. The van der Waals surface area contributed by atoms with Gasteiger partial charge in [-0.2, -0.15) is 0 Å². The van der Waals surface area contributed by atoms with Crippen molar-refractivity contribution < 1.29 is 14.7 Å². The summed E-state index contributed by atoms with van der Waals surface area (Å²) in [6, 6.07) is 7.18. The summed E-state index contributed by atoms with van der Waals surface area (Å²) in [4.78, 5) is 34.8. The number of carbonyl (C=O) groups excluding carboxylic acids is 1. The third-order valence-electron chi connectivity index (χ3n) is 2.84. The van der Waals surface area contributed by atoms with Crippen LogP contribution in [0, 0.1) is 0 Å². The van der Waals surface area contributed by atoms with E-state index in [-0.39, 0.29) is 16.3 Å². The molecule has 0 aliphatic rings. The Balaban J connectivity index is 2.26. The van der Waals surface area contributed by atoms with E-state index < -0.39 is 24.0 Å². The predicted octanol–water partition coefficient (Wildman–Crippen LogP) is 1.42. The molecule has 114 valence electrons. The van der Waals surface area contributed by atoms with Crippen molar-refractivity contribution in [1.82, 2.24) is 4.57 Å². The SMILES string of the molecule is Nc1ccc(C(=O)Nc2cccn(CC(=O)O)c2=O)cc1Cl. The van der Waals surface area contributed by atoms with Gasteiger partial charge in [-0.05, 0) is 30.3 Å². The van der Waals surface area contributed by atoms with Gasteiger partial charge in [0.05, 0.1) is 10.7 Å². The van der Waals surface area contributed by atoms with Gasteiger partial charge in [-0.3, -0.25) is 14.4 Å². The molecule has 0 atom stereocenters. The Morgan fingerprint density at radius 1 is 1.32 bits per heavy atom. The number of nitrogens with one attached hydrogen (secondary N) is 1. The van der Waals surface area contributed by atoms with Gasteiger partial charge in [0.2, 0.25) is 0 Å². The van der Waals surface area contributed by atoms with Gasteiger partial charge in [0.1, 0.15) is 12.2 Å². The highest BCUT2D eigenvalue weighted by Gasteiger charge is 2.12. The minimum atomic E-state index is -1.16. The van der Waals surface area contributed by atoms with E-state index in [0.29, 0.717) is 5.69 Å². The molecule has 22 heavy (non-hydrogen) atoms. The summed E-state index contributed by atoms with van der Waals surface area (Å²) in [7, 11) is 0. The van der Waals surface area contributed by atoms with Gasteiger partial charge < -0.3 is 20.7 Å². The van der Waals surface area contributed by atoms with E-state index >= 15 is 0 Å². The highest BCUT2D eigenvalue weighted by Crippen LogP contribution is 2.20. The topological polar surface area (TPSA) is 114 Å². The third kappa shape index (κ3) is 3.44. The maximum absolute atomic E-state index is 12.1. The van der Waals surface area contributed by atoms with Gasteiger partial charge in [-0.25, -0.2) is 0 Å². The number of nitrogen functional groups attached to an aromatic ring is 1. The predicted molar refractivity (Wildman–Crippen MR) is 82.2 cm³/mol. The van der Waals surface area contributed by atoms with Crippen molar-refractivity contribution in [3.05, 3.63) is 57.5 Å². The van der Waals surface area contributed by atoms with Crippen molar-refractivity contribution in [3.8, 4) is 0 Å². The summed E-state index contributed by atoms with van der Waals surface area (Å²) < 4.78 is 0.980. The van der Waals surface area contributed by atoms with Gasteiger partial charge in [-0.15, -0.1) is 0 Å². The van der Waals surface area contributed by atoms with Crippen LogP contribution in [0.25, 0.3) is 0 Å². The van der Waals surface area contributed by atoms with Gasteiger partial charge in [-0.1, -0.05) is 11.6 Å². The van der Waals surface area contributed by atoms with Crippen molar-refractivity contribution >= 4 is 34.9 Å². The van der Waals surface area contributed by atoms with Crippen LogP contribution in [0.5, 0.6) is 0 Å². The minimum Gasteiger partial charge on any atom is -0.480 e. The summed E-state index contributed by atoms with van der Waals surface area (Å²) in [5, 5.41) is 11.4. The largest absolute Gasteiger partial charge is 0.480 e. The van der Waals surface area contributed by atoms with Crippen LogP contribution in [0.3, 0.4) is 0 Å². The number of nitrogens with two attached hydrogens (primary N) is 1. The zero-order valence-corrected chi connectivity index (χ0v) is 12.0. The van der Waals surface area contributed by atoms with Crippen LogP contribution in [-0.4, -0.2) is 21.6 Å². The zero-order chi connectivity index (χ0) is 16.3. The zero-order valence-electron chi connectivity index (χ0n) is 11.2. The molecular formula is C14H12ClN3O4. The molecule has 7 nitrogen and oxygen atoms in total. The Bertz CT molecular complexity index is 801. The average Bonchev–Trinajstić information content (AvgIpc) is 2.45. The molecule has 0 aliphatic heterocycles. The second-order valence-corrected chi connectivity index (χ2v) is 4.85.